The Labute approximate surface area is 126 Å². The maximum atomic E-state index is 4.63. The molecule has 0 spiro atoms. The average molecular weight is 290 g/mol. The van der Waals surface area contributed by atoms with Gasteiger partial charge in [0.15, 0.2) is 0 Å². The zero-order valence-electron chi connectivity index (χ0n) is 13.1. The van der Waals surface area contributed by atoms with E-state index in [9.17, 15) is 0 Å². The first-order valence-electron chi connectivity index (χ1n) is 8.27. The van der Waals surface area contributed by atoms with E-state index in [0.717, 1.165) is 31.5 Å². The van der Waals surface area contributed by atoms with E-state index < -0.39 is 0 Å². The van der Waals surface area contributed by atoms with Gasteiger partial charge in [-0.25, -0.2) is 0 Å². The number of nitrogens with one attached hydrogen (secondary N) is 2. The third-order valence-corrected chi connectivity index (χ3v) is 4.56. The smallest absolute Gasteiger partial charge is 0.231 e. The summed E-state index contributed by atoms with van der Waals surface area (Å²) >= 11 is 0. The van der Waals surface area contributed by atoms with Gasteiger partial charge < -0.3 is 15.5 Å². The summed E-state index contributed by atoms with van der Waals surface area (Å²) in [6.45, 7) is 7.21. The summed E-state index contributed by atoms with van der Waals surface area (Å²) in [5.41, 5.74) is 0. The van der Waals surface area contributed by atoms with Gasteiger partial charge in [0.1, 0.15) is 0 Å². The van der Waals surface area contributed by atoms with Crippen LogP contribution in [-0.2, 0) is 0 Å². The summed E-state index contributed by atoms with van der Waals surface area (Å²) in [6.07, 6.45) is 6.44. The minimum atomic E-state index is 0.432. The van der Waals surface area contributed by atoms with E-state index in [4.69, 9.17) is 0 Å². The van der Waals surface area contributed by atoms with Crippen LogP contribution in [0.25, 0.3) is 0 Å². The second kappa shape index (κ2) is 6.45. The second-order valence-electron chi connectivity index (χ2n) is 6.13. The molecule has 2 aliphatic rings. The summed E-state index contributed by atoms with van der Waals surface area (Å²) in [5, 5.41) is 6.69. The molecule has 21 heavy (non-hydrogen) atoms. The number of hydrogen-bond donors (Lipinski definition) is 2. The van der Waals surface area contributed by atoms with Gasteiger partial charge in [0.2, 0.25) is 17.8 Å². The van der Waals surface area contributed by atoms with Crippen LogP contribution in [0, 0.1) is 5.92 Å². The molecule has 2 heterocycles. The molecule has 0 bridgehead atoms. The van der Waals surface area contributed by atoms with Crippen LogP contribution in [-0.4, -0.2) is 40.6 Å². The molecule has 6 nitrogen and oxygen atoms in total. The zero-order valence-corrected chi connectivity index (χ0v) is 13.1. The molecule has 0 amide bonds. The van der Waals surface area contributed by atoms with Crippen LogP contribution in [0.15, 0.2) is 0 Å². The predicted molar refractivity (Wildman–Crippen MR) is 85.9 cm³/mol. The molecule has 2 N–H and O–H groups in total. The van der Waals surface area contributed by atoms with Gasteiger partial charge in [-0.1, -0.05) is 6.42 Å². The van der Waals surface area contributed by atoms with E-state index >= 15 is 0 Å². The van der Waals surface area contributed by atoms with Gasteiger partial charge in [-0.15, -0.1) is 0 Å². The van der Waals surface area contributed by atoms with Crippen LogP contribution in [0.5, 0.6) is 0 Å². The van der Waals surface area contributed by atoms with Crippen LogP contribution in [0.1, 0.15) is 46.0 Å². The fourth-order valence-electron chi connectivity index (χ4n) is 2.99. The van der Waals surface area contributed by atoms with E-state index in [1.54, 1.807) is 0 Å². The van der Waals surface area contributed by atoms with Crippen molar-refractivity contribution in [3.8, 4) is 0 Å². The normalized spacial score (nSPS) is 20.2. The third-order valence-electron chi connectivity index (χ3n) is 4.56. The van der Waals surface area contributed by atoms with Crippen LogP contribution < -0.4 is 15.5 Å². The molecule has 1 aliphatic carbocycles. The molecular formula is C15H26N6. The number of hydrogen-bond acceptors (Lipinski definition) is 6. The fraction of sp³-hybridized carbons (Fsp3) is 0.800. The van der Waals surface area contributed by atoms with E-state index in [1.807, 2.05) is 0 Å². The molecule has 0 radical (unpaired) electrons. The molecule has 1 aliphatic heterocycles. The quantitative estimate of drug-likeness (QED) is 0.839. The molecule has 116 valence electrons. The number of anilines is 3. The maximum absolute atomic E-state index is 4.63. The third kappa shape index (κ3) is 3.36. The standard InChI is InChI=1S/C15H26N6/c1-3-16-13-18-14(17-11(2)12-7-6-8-12)20-15(19-13)21-9-4-5-10-21/h11-12H,3-10H2,1-2H3,(H2,16,17,18,19,20). The van der Waals surface area contributed by atoms with Crippen molar-refractivity contribution in [2.45, 2.75) is 52.0 Å². The Morgan fingerprint density at radius 2 is 1.81 bits per heavy atom. The number of rotatable bonds is 6. The van der Waals surface area contributed by atoms with Gasteiger partial charge in [-0.05, 0) is 45.4 Å². The molecule has 6 heteroatoms. The molecule has 1 aromatic rings. The SMILES string of the molecule is CCNc1nc(NC(C)C2CCC2)nc(N2CCCC2)n1. The Bertz CT molecular complexity index is 467. The van der Waals surface area contributed by atoms with Crippen LogP contribution >= 0.6 is 0 Å². The molecule has 1 atom stereocenters. The monoisotopic (exact) mass is 290 g/mol. The van der Waals surface area contributed by atoms with Crippen molar-refractivity contribution in [1.29, 1.82) is 0 Å². The second-order valence-corrected chi connectivity index (χ2v) is 6.13. The molecule has 1 saturated carbocycles. The highest BCUT2D eigenvalue weighted by Crippen LogP contribution is 2.30. The predicted octanol–water partition coefficient (Wildman–Crippen LogP) is 2.50. The van der Waals surface area contributed by atoms with E-state index in [-0.39, 0.29) is 0 Å². The zero-order chi connectivity index (χ0) is 14.7. The maximum Gasteiger partial charge on any atom is 0.231 e. The first-order chi connectivity index (χ1) is 10.3. The van der Waals surface area contributed by atoms with Crippen molar-refractivity contribution in [3.63, 3.8) is 0 Å². The summed E-state index contributed by atoms with van der Waals surface area (Å²) in [6, 6.07) is 0.432. The van der Waals surface area contributed by atoms with Crippen molar-refractivity contribution in [2.75, 3.05) is 35.2 Å². The number of nitrogens with zero attached hydrogens (tertiary/aromatic N) is 4. The van der Waals surface area contributed by atoms with Crippen molar-refractivity contribution in [3.05, 3.63) is 0 Å². The van der Waals surface area contributed by atoms with Crippen LogP contribution in [0.2, 0.25) is 0 Å². The van der Waals surface area contributed by atoms with E-state index in [1.165, 1.54) is 32.1 Å². The lowest BCUT2D eigenvalue weighted by Gasteiger charge is -2.32. The lowest BCUT2D eigenvalue weighted by atomic mass is 9.80. The van der Waals surface area contributed by atoms with E-state index in [2.05, 4.69) is 44.3 Å². The molecule has 1 saturated heterocycles. The van der Waals surface area contributed by atoms with Gasteiger partial charge in [-0.2, -0.15) is 15.0 Å². The Morgan fingerprint density at radius 1 is 1.10 bits per heavy atom. The highest BCUT2D eigenvalue weighted by atomic mass is 15.3. The first kappa shape index (κ1) is 14.4. The van der Waals surface area contributed by atoms with Gasteiger partial charge in [0.05, 0.1) is 0 Å². The topological polar surface area (TPSA) is 66.0 Å². The largest absolute Gasteiger partial charge is 0.354 e. The summed E-state index contributed by atoms with van der Waals surface area (Å²) in [5.74, 6) is 2.96. The summed E-state index contributed by atoms with van der Waals surface area (Å²) < 4.78 is 0. The van der Waals surface area contributed by atoms with Crippen molar-refractivity contribution in [2.24, 2.45) is 5.92 Å². The Hall–Kier alpha value is -1.59. The number of aromatic nitrogens is 3. The molecule has 1 unspecified atom stereocenters. The van der Waals surface area contributed by atoms with Crippen molar-refractivity contribution in [1.82, 2.24) is 15.0 Å². The Kier molecular flexibility index (Phi) is 4.41. The first-order valence-corrected chi connectivity index (χ1v) is 8.27. The molecule has 3 rings (SSSR count). The summed E-state index contributed by atoms with van der Waals surface area (Å²) in [7, 11) is 0. The van der Waals surface area contributed by atoms with Crippen molar-refractivity contribution < 1.29 is 0 Å². The van der Waals surface area contributed by atoms with Crippen molar-refractivity contribution >= 4 is 17.8 Å². The highest BCUT2D eigenvalue weighted by Gasteiger charge is 2.25. The van der Waals surface area contributed by atoms with Gasteiger partial charge in [-0.3, -0.25) is 0 Å². The highest BCUT2D eigenvalue weighted by molar-refractivity contribution is 5.44. The lowest BCUT2D eigenvalue weighted by molar-refractivity contribution is 0.284. The van der Waals surface area contributed by atoms with Crippen LogP contribution in [0.4, 0.5) is 17.8 Å². The average Bonchev–Trinajstić information content (AvgIpc) is 2.90. The summed E-state index contributed by atoms with van der Waals surface area (Å²) in [4.78, 5) is 15.9. The fourth-order valence-corrected chi connectivity index (χ4v) is 2.99. The van der Waals surface area contributed by atoms with Crippen LogP contribution in [0.3, 0.4) is 0 Å². The lowest BCUT2D eigenvalue weighted by Crippen LogP contribution is -2.32. The Morgan fingerprint density at radius 3 is 2.43 bits per heavy atom. The minimum absolute atomic E-state index is 0.432. The molecule has 1 aromatic heterocycles. The van der Waals surface area contributed by atoms with E-state index in [0.29, 0.717) is 17.9 Å². The Balaban J connectivity index is 1.76. The van der Waals surface area contributed by atoms with Gasteiger partial charge >= 0.3 is 0 Å². The van der Waals surface area contributed by atoms with Gasteiger partial charge in [0.25, 0.3) is 0 Å². The molecular weight excluding hydrogens is 264 g/mol. The molecule has 0 aromatic carbocycles. The molecule has 2 fully saturated rings. The van der Waals surface area contributed by atoms with Gasteiger partial charge in [0, 0.05) is 25.7 Å². The minimum Gasteiger partial charge on any atom is -0.354 e.